The summed E-state index contributed by atoms with van der Waals surface area (Å²) in [7, 11) is 0. The zero-order valence-corrected chi connectivity index (χ0v) is 28.3. The van der Waals surface area contributed by atoms with Gasteiger partial charge in [0.2, 0.25) is 0 Å². The molecular weight excluding hydrogens is 639 g/mol. The van der Waals surface area contributed by atoms with E-state index in [2.05, 4.69) is 140 Å². The normalized spacial score (nSPS) is 11.5. The molecule has 0 amide bonds. The van der Waals surface area contributed by atoms with Gasteiger partial charge in [0, 0.05) is 47.8 Å². The van der Waals surface area contributed by atoms with Gasteiger partial charge in [-0.15, -0.1) is 11.3 Å². The van der Waals surface area contributed by atoms with Crippen molar-refractivity contribution in [1.29, 1.82) is 0 Å². The number of nitrogens with zero attached hydrogens (tertiary/aromatic N) is 3. The van der Waals surface area contributed by atoms with Crippen molar-refractivity contribution in [2.24, 2.45) is 0 Å². The van der Waals surface area contributed by atoms with Gasteiger partial charge in [-0.2, -0.15) is 0 Å². The summed E-state index contributed by atoms with van der Waals surface area (Å²) in [6.07, 6.45) is 0. The predicted octanol–water partition coefficient (Wildman–Crippen LogP) is 12.9. The molecule has 3 aromatic heterocycles. The first-order valence-electron chi connectivity index (χ1n) is 17.1. The summed E-state index contributed by atoms with van der Waals surface area (Å²) >= 11 is 1.86. The third-order valence-electron chi connectivity index (χ3n) is 9.70. The van der Waals surface area contributed by atoms with Gasteiger partial charge >= 0.3 is 0 Å². The quantitative estimate of drug-likeness (QED) is 0.171. The minimum absolute atomic E-state index is 0.717. The largest absolute Gasteiger partial charge is 0.247 e. The summed E-state index contributed by atoms with van der Waals surface area (Å²) < 4.78 is 2.58. The average molecular weight is 668 g/mol. The maximum Gasteiger partial charge on any atom is 0.160 e. The first-order chi connectivity index (χ1) is 25.3. The molecule has 0 saturated heterocycles. The molecule has 3 nitrogen and oxygen atoms in total. The molecule has 10 rings (SSSR count). The van der Waals surface area contributed by atoms with Gasteiger partial charge in [0.05, 0.1) is 22.6 Å². The molecule has 238 valence electrons. The Kier molecular flexibility index (Phi) is 7.00. The van der Waals surface area contributed by atoms with Gasteiger partial charge in [0.1, 0.15) is 0 Å². The monoisotopic (exact) mass is 667 g/mol. The maximum absolute atomic E-state index is 5.35. The van der Waals surface area contributed by atoms with Crippen LogP contribution in [0.2, 0.25) is 0 Å². The Morgan fingerprint density at radius 1 is 0.373 bits per heavy atom. The highest BCUT2D eigenvalue weighted by Gasteiger charge is 2.18. The second-order valence-electron chi connectivity index (χ2n) is 12.8. The highest BCUT2D eigenvalue weighted by molar-refractivity contribution is 7.27. The number of pyridine rings is 1. The zero-order chi connectivity index (χ0) is 33.7. The predicted molar refractivity (Wildman–Crippen MR) is 215 cm³/mol. The number of hydrogen-bond donors (Lipinski definition) is 0. The molecule has 0 aliphatic heterocycles. The molecule has 7 aromatic carbocycles. The summed E-state index contributed by atoms with van der Waals surface area (Å²) in [5, 5.41) is 6.21. The van der Waals surface area contributed by atoms with Crippen molar-refractivity contribution < 1.29 is 0 Å². The van der Waals surface area contributed by atoms with Crippen LogP contribution in [-0.4, -0.2) is 15.0 Å². The topological polar surface area (TPSA) is 38.7 Å². The van der Waals surface area contributed by atoms with Crippen LogP contribution in [0.4, 0.5) is 0 Å². The van der Waals surface area contributed by atoms with Crippen LogP contribution in [0.3, 0.4) is 0 Å². The van der Waals surface area contributed by atoms with Crippen LogP contribution >= 0.6 is 11.3 Å². The Labute approximate surface area is 299 Å². The summed E-state index contributed by atoms with van der Waals surface area (Å²) in [5.74, 6) is 0.717. The molecule has 10 aromatic rings. The summed E-state index contributed by atoms with van der Waals surface area (Å²) in [5.41, 5.74) is 10.4. The van der Waals surface area contributed by atoms with Gasteiger partial charge in [0.25, 0.3) is 0 Å². The molecule has 0 aliphatic carbocycles. The standard InChI is InChI=1S/C47H29N3S/c1-3-12-33(13-4-1)40-29-41(50-47(49-40)36-14-5-2-6-15-36)34-23-19-30(20-24-34)31-21-25-35(26-22-31)45-44-38-17-9-10-18-42(38)51-46(44)43-37-16-8-7-11-32(37)27-28-39(43)48-45/h1-29H. The molecule has 0 fully saturated rings. The lowest BCUT2D eigenvalue weighted by Crippen LogP contribution is -1.95. The first-order valence-corrected chi connectivity index (χ1v) is 17.9. The second-order valence-corrected chi connectivity index (χ2v) is 13.8. The Hall–Kier alpha value is -6.49. The van der Waals surface area contributed by atoms with Crippen LogP contribution in [0.1, 0.15) is 0 Å². The third-order valence-corrected chi connectivity index (χ3v) is 10.9. The van der Waals surface area contributed by atoms with E-state index in [0.717, 1.165) is 61.8 Å². The lowest BCUT2D eigenvalue weighted by molar-refractivity contribution is 1.18. The van der Waals surface area contributed by atoms with E-state index in [9.17, 15) is 0 Å². The van der Waals surface area contributed by atoms with Gasteiger partial charge in [-0.3, -0.25) is 0 Å². The third kappa shape index (κ3) is 5.16. The van der Waals surface area contributed by atoms with E-state index >= 15 is 0 Å². The molecule has 3 heterocycles. The van der Waals surface area contributed by atoms with Crippen molar-refractivity contribution in [2.75, 3.05) is 0 Å². The van der Waals surface area contributed by atoms with E-state index in [1.807, 2.05) is 47.7 Å². The number of aromatic nitrogens is 3. The molecular formula is C47H29N3S. The Balaban J connectivity index is 1.04. The molecule has 0 spiro atoms. The van der Waals surface area contributed by atoms with E-state index < -0.39 is 0 Å². The summed E-state index contributed by atoms with van der Waals surface area (Å²) in [4.78, 5) is 15.3. The second kappa shape index (κ2) is 12.1. The van der Waals surface area contributed by atoms with Crippen LogP contribution < -0.4 is 0 Å². The van der Waals surface area contributed by atoms with E-state index in [4.69, 9.17) is 15.0 Å². The molecule has 0 radical (unpaired) electrons. The van der Waals surface area contributed by atoms with Gasteiger partial charge in [-0.25, -0.2) is 15.0 Å². The minimum atomic E-state index is 0.717. The van der Waals surface area contributed by atoms with E-state index in [-0.39, 0.29) is 0 Å². The Morgan fingerprint density at radius 3 is 1.63 bits per heavy atom. The van der Waals surface area contributed by atoms with Crippen LogP contribution in [0, 0.1) is 0 Å². The van der Waals surface area contributed by atoms with E-state index in [1.54, 1.807) is 0 Å². The summed E-state index contributed by atoms with van der Waals surface area (Å²) in [6, 6.07) is 61.8. The first kappa shape index (κ1) is 29.4. The molecule has 4 heteroatoms. The smallest absolute Gasteiger partial charge is 0.160 e. The molecule has 0 saturated carbocycles. The average Bonchev–Trinajstić information content (AvgIpc) is 3.61. The molecule has 0 atom stereocenters. The highest BCUT2D eigenvalue weighted by atomic mass is 32.1. The minimum Gasteiger partial charge on any atom is -0.247 e. The van der Waals surface area contributed by atoms with Crippen molar-refractivity contribution in [2.45, 2.75) is 0 Å². The van der Waals surface area contributed by atoms with Gasteiger partial charge in [-0.05, 0) is 40.1 Å². The lowest BCUT2D eigenvalue weighted by Gasteiger charge is -2.11. The van der Waals surface area contributed by atoms with Crippen molar-refractivity contribution in [3.63, 3.8) is 0 Å². The Morgan fingerprint density at radius 2 is 0.922 bits per heavy atom. The fraction of sp³-hybridized carbons (Fsp3) is 0. The summed E-state index contributed by atoms with van der Waals surface area (Å²) in [6.45, 7) is 0. The van der Waals surface area contributed by atoms with Gasteiger partial charge in [0.15, 0.2) is 5.82 Å². The van der Waals surface area contributed by atoms with Crippen molar-refractivity contribution >= 4 is 53.2 Å². The number of fused-ring (bicyclic) bond motifs is 7. The zero-order valence-electron chi connectivity index (χ0n) is 27.5. The molecule has 0 bridgehead atoms. The number of rotatable bonds is 5. The van der Waals surface area contributed by atoms with Gasteiger partial charge < -0.3 is 0 Å². The van der Waals surface area contributed by atoms with Crippen LogP contribution in [0.5, 0.6) is 0 Å². The van der Waals surface area contributed by atoms with Crippen LogP contribution in [0.15, 0.2) is 176 Å². The molecule has 0 unspecified atom stereocenters. The highest BCUT2D eigenvalue weighted by Crippen LogP contribution is 2.44. The number of benzene rings is 7. The molecule has 0 N–H and O–H groups in total. The molecule has 0 aliphatic rings. The maximum atomic E-state index is 5.35. The van der Waals surface area contributed by atoms with Gasteiger partial charge in [-0.1, -0.05) is 158 Å². The fourth-order valence-electron chi connectivity index (χ4n) is 7.16. The van der Waals surface area contributed by atoms with E-state index in [1.165, 1.54) is 36.3 Å². The van der Waals surface area contributed by atoms with Crippen LogP contribution in [0.25, 0.3) is 98.1 Å². The van der Waals surface area contributed by atoms with Crippen molar-refractivity contribution in [1.82, 2.24) is 15.0 Å². The Bertz CT molecular complexity index is 2820. The van der Waals surface area contributed by atoms with Crippen LogP contribution in [-0.2, 0) is 0 Å². The lowest BCUT2D eigenvalue weighted by atomic mass is 9.97. The number of thiophene rings is 1. The SMILES string of the molecule is c1ccc(-c2cc(-c3ccc(-c4ccc(-c5nc6ccc7ccccc7c6c6sc7ccccc7c56)cc4)cc3)nc(-c3ccccc3)n2)cc1. The fourth-order valence-corrected chi connectivity index (χ4v) is 8.43. The van der Waals surface area contributed by atoms with Crippen molar-refractivity contribution in [3.05, 3.63) is 176 Å². The number of hydrogen-bond acceptors (Lipinski definition) is 4. The molecule has 51 heavy (non-hydrogen) atoms. The van der Waals surface area contributed by atoms with Crippen molar-refractivity contribution in [3.8, 4) is 56.3 Å². The van der Waals surface area contributed by atoms with E-state index in [0.29, 0.717) is 0 Å².